The Labute approximate surface area is 121 Å². The molecule has 20 heavy (non-hydrogen) atoms. The van der Waals surface area contributed by atoms with E-state index in [0.717, 1.165) is 17.9 Å². The highest BCUT2D eigenvalue weighted by atomic mass is 16.6. The van der Waals surface area contributed by atoms with Crippen LogP contribution in [0.1, 0.15) is 52.0 Å². The zero-order valence-electron chi connectivity index (χ0n) is 12.9. The third kappa shape index (κ3) is 5.15. The molecule has 0 radical (unpaired) electrons. The van der Waals surface area contributed by atoms with Crippen LogP contribution in [0.5, 0.6) is 0 Å². The SMILES string of the molecule is CCCCCC(C)(C)CNc1ncc([N+](=O)[O-])cc1C. The number of aryl methyl sites for hydroxylation is 1. The van der Waals surface area contributed by atoms with Gasteiger partial charge in [-0.25, -0.2) is 4.98 Å². The minimum Gasteiger partial charge on any atom is -0.369 e. The molecule has 0 bridgehead atoms. The monoisotopic (exact) mass is 279 g/mol. The number of hydrogen-bond donors (Lipinski definition) is 1. The van der Waals surface area contributed by atoms with Crippen LogP contribution < -0.4 is 5.32 Å². The summed E-state index contributed by atoms with van der Waals surface area (Å²) in [6.45, 7) is 9.33. The van der Waals surface area contributed by atoms with E-state index in [0.29, 0.717) is 0 Å². The van der Waals surface area contributed by atoms with Crippen molar-refractivity contribution >= 4 is 11.5 Å². The Morgan fingerprint density at radius 1 is 1.40 bits per heavy atom. The van der Waals surface area contributed by atoms with Crippen LogP contribution in [0.4, 0.5) is 11.5 Å². The lowest BCUT2D eigenvalue weighted by Gasteiger charge is -2.25. The van der Waals surface area contributed by atoms with Crippen molar-refractivity contribution < 1.29 is 4.92 Å². The number of anilines is 1. The van der Waals surface area contributed by atoms with Crippen molar-refractivity contribution in [3.05, 3.63) is 27.9 Å². The second kappa shape index (κ2) is 7.22. The molecule has 0 atom stereocenters. The number of rotatable bonds is 8. The number of nitrogens with zero attached hydrogens (tertiary/aromatic N) is 2. The van der Waals surface area contributed by atoms with Crippen molar-refractivity contribution in [1.82, 2.24) is 4.98 Å². The molecule has 5 nitrogen and oxygen atoms in total. The van der Waals surface area contributed by atoms with Crippen LogP contribution >= 0.6 is 0 Å². The highest BCUT2D eigenvalue weighted by Gasteiger charge is 2.18. The molecule has 1 heterocycles. The molecule has 0 saturated carbocycles. The van der Waals surface area contributed by atoms with Crippen molar-refractivity contribution in [2.45, 2.75) is 53.4 Å². The minimum atomic E-state index is -0.418. The Hall–Kier alpha value is -1.65. The van der Waals surface area contributed by atoms with Gasteiger partial charge in [-0.3, -0.25) is 10.1 Å². The number of nitrogens with one attached hydrogen (secondary N) is 1. The van der Waals surface area contributed by atoms with E-state index >= 15 is 0 Å². The zero-order valence-corrected chi connectivity index (χ0v) is 12.9. The molecule has 0 unspecified atom stereocenters. The van der Waals surface area contributed by atoms with Crippen molar-refractivity contribution in [1.29, 1.82) is 0 Å². The maximum atomic E-state index is 10.7. The molecule has 1 aromatic heterocycles. The second-order valence-electron chi connectivity index (χ2n) is 6.09. The number of aromatic nitrogens is 1. The van der Waals surface area contributed by atoms with Crippen molar-refractivity contribution in [3.63, 3.8) is 0 Å². The summed E-state index contributed by atoms with van der Waals surface area (Å²) < 4.78 is 0. The Balaban J connectivity index is 2.58. The van der Waals surface area contributed by atoms with Gasteiger partial charge in [-0.15, -0.1) is 0 Å². The average molecular weight is 279 g/mol. The number of pyridine rings is 1. The maximum absolute atomic E-state index is 10.7. The molecular formula is C15H25N3O2. The molecule has 5 heteroatoms. The molecule has 0 aliphatic carbocycles. The van der Waals surface area contributed by atoms with Gasteiger partial charge in [0.2, 0.25) is 0 Å². The predicted molar refractivity (Wildman–Crippen MR) is 82.0 cm³/mol. The van der Waals surface area contributed by atoms with Crippen LogP contribution in [-0.2, 0) is 0 Å². The topological polar surface area (TPSA) is 68.1 Å². The van der Waals surface area contributed by atoms with Gasteiger partial charge in [-0.2, -0.15) is 0 Å². The molecule has 1 N–H and O–H groups in total. The normalized spacial score (nSPS) is 11.4. The van der Waals surface area contributed by atoms with Crippen molar-refractivity contribution in [3.8, 4) is 0 Å². The Bertz CT molecular complexity index is 458. The number of hydrogen-bond acceptors (Lipinski definition) is 4. The lowest BCUT2D eigenvalue weighted by Crippen LogP contribution is -2.23. The molecular weight excluding hydrogens is 254 g/mol. The summed E-state index contributed by atoms with van der Waals surface area (Å²) in [6.07, 6.45) is 6.20. The summed E-state index contributed by atoms with van der Waals surface area (Å²) in [5.41, 5.74) is 1.05. The Morgan fingerprint density at radius 2 is 2.10 bits per heavy atom. The van der Waals surface area contributed by atoms with E-state index < -0.39 is 4.92 Å². The maximum Gasteiger partial charge on any atom is 0.287 e. The summed E-state index contributed by atoms with van der Waals surface area (Å²) in [7, 11) is 0. The van der Waals surface area contributed by atoms with Crippen LogP contribution in [0, 0.1) is 22.5 Å². The third-order valence-electron chi connectivity index (χ3n) is 3.47. The van der Waals surface area contributed by atoms with Crippen LogP contribution in [0.2, 0.25) is 0 Å². The van der Waals surface area contributed by atoms with Gasteiger partial charge in [0.15, 0.2) is 0 Å². The standard InChI is InChI=1S/C15H25N3O2/c1-5-6-7-8-15(3,4)11-17-14-12(2)9-13(10-16-14)18(19)20/h9-10H,5-8,11H2,1-4H3,(H,16,17). The lowest BCUT2D eigenvalue weighted by atomic mass is 9.87. The van der Waals surface area contributed by atoms with Gasteiger partial charge in [0, 0.05) is 12.6 Å². The average Bonchev–Trinajstić information content (AvgIpc) is 2.37. The van der Waals surface area contributed by atoms with Gasteiger partial charge in [0.05, 0.1) is 4.92 Å². The van der Waals surface area contributed by atoms with Crippen LogP contribution in [0.15, 0.2) is 12.3 Å². The van der Waals surface area contributed by atoms with E-state index in [1.165, 1.54) is 31.9 Å². The van der Waals surface area contributed by atoms with Gasteiger partial charge >= 0.3 is 0 Å². The summed E-state index contributed by atoms with van der Waals surface area (Å²) in [5.74, 6) is 0.735. The first kappa shape index (κ1) is 16.4. The molecule has 0 aliphatic heterocycles. The fourth-order valence-electron chi connectivity index (χ4n) is 2.11. The van der Waals surface area contributed by atoms with E-state index in [4.69, 9.17) is 0 Å². The molecule has 0 saturated heterocycles. The number of nitro groups is 1. The highest BCUT2D eigenvalue weighted by Crippen LogP contribution is 2.25. The molecule has 0 spiro atoms. The molecule has 0 fully saturated rings. The van der Waals surface area contributed by atoms with E-state index in [1.54, 1.807) is 6.07 Å². The summed E-state index contributed by atoms with van der Waals surface area (Å²) in [5, 5.41) is 14.0. The molecule has 1 rings (SSSR count). The molecule has 0 amide bonds. The van der Waals surface area contributed by atoms with E-state index in [2.05, 4.69) is 31.1 Å². The minimum absolute atomic E-state index is 0.0373. The van der Waals surface area contributed by atoms with Gasteiger partial charge in [0.25, 0.3) is 5.69 Å². The lowest BCUT2D eigenvalue weighted by molar-refractivity contribution is -0.385. The Morgan fingerprint density at radius 3 is 2.65 bits per heavy atom. The fraction of sp³-hybridized carbons (Fsp3) is 0.667. The second-order valence-corrected chi connectivity index (χ2v) is 6.09. The van der Waals surface area contributed by atoms with E-state index in [1.807, 2.05) is 6.92 Å². The van der Waals surface area contributed by atoms with Crippen LogP contribution in [0.3, 0.4) is 0 Å². The Kier molecular flexibility index (Phi) is 5.92. The molecule has 0 aromatic carbocycles. The van der Waals surface area contributed by atoms with Gasteiger partial charge < -0.3 is 5.32 Å². The predicted octanol–water partition coefficient (Wildman–Crippen LogP) is 4.32. The summed E-state index contributed by atoms with van der Waals surface area (Å²) >= 11 is 0. The summed E-state index contributed by atoms with van der Waals surface area (Å²) in [4.78, 5) is 14.4. The first-order chi connectivity index (χ1) is 9.35. The smallest absolute Gasteiger partial charge is 0.287 e. The van der Waals surface area contributed by atoms with Crippen molar-refractivity contribution in [2.75, 3.05) is 11.9 Å². The number of unbranched alkanes of at least 4 members (excludes halogenated alkanes) is 2. The molecule has 1 aromatic rings. The van der Waals surface area contributed by atoms with Crippen LogP contribution in [-0.4, -0.2) is 16.5 Å². The zero-order chi connectivity index (χ0) is 15.2. The van der Waals surface area contributed by atoms with Crippen molar-refractivity contribution in [2.24, 2.45) is 5.41 Å². The van der Waals surface area contributed by atoms with Gasteiger partial charge in [-0.1, -0.05) is 40.0 Å². The van der Waals surface area contributed by atoms with Gasteiger partial charge in [-0.05, 0) is 24.3 Å². The van der Waals surface area contributed by atoms with E-state index in [-0.39, 0.29) is 11.1 Å². The van der Waals surface area contributed by atoms with Crippen LogP contribution in [0.25, 0.3) is 0 Å². The fourth-order valence-corrected chi connectivity index (χ4v) is 2.11. The van der Waals surface area contributed by atoms with Gasteiger partial charge in [0.1, 0.15) is 12.0 Å². The van der Waals surface area contributed by atoms with E-state index in [9.17, 15) is 10.1 Å². The first-order valence-corrected chi connectivity index (χ1v) is 7.20. The summed E-state index contributed by atoms with van der Waals surface area (Å²) in [6, 6.07) is 1.55. The largest absolute Gasteiger partial charge is 0.369 e. The third-order valence-corrected chi connectivity index (χ3v) is 3.47. The molecule has 112 valence electrons. The quantitative estimate of drug-likeness (QED) is 0.437. The highest BCUT2D eigenvalue weighted by molar-refractivity contribution is 5.48. The first-order valence-electron chi connectivity index (χ1n) is 7.20. The molecule has 0 aliphatic rings.